The summed E-state index contributed by atoms with van der Waals surface area (Å²) in [5.74, 6) is -1.68. The average molecular weight is 503 g/mol. The maximum absolute atomic E-state index is 12.8. The third-order valence-corrected chi connectivity index (χ3v) is 5.07. The molecule has 0 aliphatic heterocycles. The zero-order chi connectivity index (χ0) is 23.4. The monoisotopic (exact) mass is 502 g/mol. The third kappa shape index (κ3) is 4.35. The number of hydrogen-bond acceptors (Lipinski definition) is 8. The van der Waals surface area contributed by atoms with Gasteiger partial charge in [-0.05, 0) is 40.2 Å². The van der Waals surface area contributed by atoms with Crippen LogP contribution in [0.15, 0.2) is 46.9 Å². The van der Waals surface area contributed by atoms with Crippen LogP contribution in [0.5, 0.6) is 11.5 Å². The number of para-hydroxylation sites is 1. The van der Waals surface area contributed by atoms with Gasteiger partial charge in [0, 0.05) is 17.0 Å². The average Bonchev–Trinajstić information content (AvgIpc) is 3.18. The number of halogens is 1. The molecule has 0 bridgehead atoms. The number of rotatable bonds is 6. The molecule has 1 heterocycles. The molecule has 3 rings (SSSR count). The minimum absolute atomic E-state index is 0.0915. The van der Waals surface area contributed by atoms with Crippen LogP contribution in [-0.2, 0) is 14.3 Å². The zero-order valence-electron chi connectivity index (χ0n) is 17.7. The Balaban J connectivity index is 2.36. The fraction of sp³-hybridized carbons (Fsp3) is 0.182. The number of methoxy groups -OCH3 is 3. The number of benzene rings is 2. The van der Waals surface area contributed by atoms with E-state index in [1.807, 2.05) is 6.07 Å². The van der Waals surface area contributed by atoms with Crippen molar-refractivity contribution in [3.63, 3.8) is 0 Å². The lowest BCUT2D eigenvalue weighted by Gasteiger charge is -2.12. The Hall–Kier alpha value is -3.66. The number of aromatic nitrogens is 2. The van der Waals surface area contributed by atoms with Gasteiger partial charge in [-0.15, -0.1) is 0 Å². The minimum atomic E-state index is -0.780. The highest BCUT2D eigenvalue weighted by Crippen LogP contribution is 2.40. The van der Waals surface area contributed by atoms with Gasteiger partial charge in [-0.2, -0.15) is 5.10 Å². The molecule has 0 amide bonds. The first-order chi connectivity index (χ1) is 15.3. The molecule has 0 saturated heterocycles. The Morgan fingerprint density at radius 1 is 0.938 bits per heavy atom. The van der Waals surface area contributed by atoms with Gasteiger partial charge in [0.25, 0.3) is 0 Å². The van der Waals surface area contributed by atoms with Crippen LogP contribution in [0.25, 0.3) is 16.9 Å². The van der Waals surface area contributed by atoms with E-state index < -0.39 is 17.9 Å². The summed E-state index contributed by atoms with van der Waals surface area (Å²) in [6.07, 6.45) is 0. The van der Waals surface area contributed by atoms with Crippen molar-refractivity contribution in [3.8, 4) is 28.4 Å². The molecule has 1 aromatic heterocycles. The van der Waals surface area contributed by atoms with Gasteiger partial charge in [0.1, 0.15) is 11.3 Å². The van der Waals surface area contributed by atoms with Crippen LogP contribution in [0.4, 0.5) is 0 Å². The molecule has 0 N–H and O–H groups in total. The topological polar surface area (TPSA) is 106 Å². The molecule has 0 saturated carbocycles. The Morgan fingerprint density at radius 3 is 2.16 bits per heavy atom. The first kappa shape index (κ1) is 23.0. The highest BCUT2D eigenvalue weighted by molar-refractivity contribution is 9.10. The van der Waals surface area contributed by atoms with E-state index in [-0.39, 0.29) is 28.5 Å². The predicted molar refractivity (Wildman–Crippen MR) is 117 cm³/mol. The molecule has 0 atom stereocenters. The van der Waals surface area contributed by atoms with Crippen molar-refractivity contribution in [2.45, 2.75) is 6.92 Å². The molecule has 2 aromatic carbocycles. The minimum Gasteiger partial charge on any atom is -0.493 e. The molecule has 0 aliphatic rings. The fourth-order valence-electron chi connectivity index (χ4n) is 3.05. The summed E-state index contributed by atoms with van der Waals surface area (Å²) in [5, 5.41) is 4.54. The number of nitrogens with zero attached hydrogens (tertiary/aromatic N) is 2. The van der Waals surface area contributed by atoms with E-state index in [2.05, 4.69) is 21.0 Å². The van der Waals surface area contributed by atoms with Crippen molar-refractivity contribution >= 4 is 33.8 Å². The maximum atomic E-state index is 12.8. The Morgan fingerprint density at radius 2 is 1.59 bits per heavy atom. The predicted octanol–water partition coefficient (Wildman–Crippen LogP) is 3.81. The second kappa shape index (κ2) is 9.65. The molecule has 3 aromatic rings. The molecule has 9 nitrogen and oxygen atoms in total. The van der Waals surface area contributed by atoms with Crippen LogP contribution in [0.1, 0.15) is 27.8 Å². The number of hydrogen-bond donors (Lipinski definition) is 0. The van der Waals surface area contributed by atoms with Crippen LogP contribution in [0.2, 0.25) is 0 Å². The Kier molecular flexibility index (Phi) is 6.94. The van der Waals surface area contributed by atoms with Gasteiger partial charge in [-0.3, -0.25) is 4.79 Å². The molecule has 0 unspecified atom stereocenters. The first-order valence-corrected chi connectivity index (χ1v) is 10.0. The molecule has 10 heteroatoms. The molecule has 32 heavy (non-hydrogen) atoms. The molecule has 0 radical (unpaired) electrons. The van der Waals surface area contributed by atoms with E-state index in [9.17, 15) is 14.4 Å². The molecular weight excluding hydrogens is 484 g/mol. The van der Waals surface area contributed by atoms with Gasteiger partial charge < -0.3 is 18.9 Å². The molecule has 0 aliphatic carbocycles. The summed E-state index contributed by atoms with van der Waals surface area (Å²) >= 11 is 3.42. The summed E-state index contributed by atoms with van der Waals surface area (Å²) in [6, 6.07) is 11.8. The van der Waals surface area contributed by atoms with Gasteiger partial charge in [0.15, 0.2) is 17.2 Å². The maximum Gasteiger partial charge on any atom is 0.357 e. The van der Waals surface area contributed by atoms with E-state index in [0.717, 1.165) is 0 Å². The summed E-state index contributed by atoms with van der Waals surface area (Å²) in [4.78, 5) is 36.9. The van der Waals surface area contributed by atoms with Crippen molar-refractivity contribution in [2.75, 3.05) is 21.3 Å². The number of carbonyl (C=O) groups is 3. The summed E-state index contributed by atoms with van der Waals surface area (Å²) in [7, 11) is 3.81. The van der Waals surface area contributed by atoms with Gasteiger partial charge in [-0.25, -0.2) is 14.3 Å². The SMILES string of the molecule is COC(=O)c1c(-c2cc(OC)c(OC(C)=O)cc2Br)nn(-c2ccccc2)c1C(=O)OC. The first-order valence-electron chi connectivity index (χ1n) is 9.23. The van der Waals surface area contributed by atoms with Gasteiger partial charge in [0.05, 0.1) is 27.0 Å². The van der Waals surface area contributed by atoms with E-state index >= 15 is 0 Å². The Bertz CT molecular complexity index is 1190. The lowest BCUT2D eigenvalue weighted by Crippen LogP contribution is -2.15. The summed E-state index contributed by atoms with van der Waals surface area (Å²) in [6.45, 7) is 1.26. The van der Waals surface area contributed by atoms with Crippen LogP contribution in [-0.4, -0.2) is 49.0 Å². The van der Waals surface area contributed by atoms with E-state index in [1.54, 1.807) is 24.3 Å². The lowest BCUT2D eigenvalue weighted by molar-refractivity contribution is -0.132. The van der Waals surface area contributed by atoms with Crippen LogP contribution in [0.3, 0.4) is 0 Å². The van der Waals surface area contributed by atoms with Crippen molar-refractivity contribution < 1.29 is 33.3 Å². The van der Waals surface area contributed by atoms with Gasteiger partial charge in [0.2, 0.25) is 0 Å². The smallest absolute Gasteiger partial charge is 0.357 e. The van der Waals surface area contributed by atoms with Gasteiger partial charge >= 0.3 is 17.9 Å². The van der Waals surface area contributed by atoms with E-state index in [1.165, 1.54) is 45.1 Å². The normalized spacial score (nSPS) is 10.4. The van der Waals surface area contributed by atoms with E-state index in [4.69, 9.17) is 18.9 Å². The second-order valence-electron chi connectivity index (χ2n) is 6.38. The molecular formula is C22H19BrN2O7. The summed E-state index contributed by atoms with van der Waals surface area (Å²) < 4.78 is 22.1. The quantitative estimate of drug-likeness (QED) is 0.370. The Labute approximate surface area is 192 Å². The van der Waals surface area contributed by atoms with Crippen molar-refractivity contribution in [3.05, 3.63) is 58.2 Å². The second-order valence-corrected chi connectivity index (χ2v) is 7.23. The van der Waals surface area contributed by atoms with Crippen LogP contribution in [0, 0.1) is 0 Å². The van der Waals surface area contributed by atoms with Gasteiger partial charge in [-0.1, -0.05) is 18.2 Å². The number of esters is 3. The zero-order valence-corrected chi connectivity index (χ0v) is 19.3. The van der Waals surface area contributed by atoms with Crippen LogP contribution < -0.4 is 9.47 Å². The lowest BCUT2D eigenvalue weighted by atomic mass is 10.0. The standard InChI is InChI=1S/C22H19BrN2O7/c1-12(26)32-17-11-15(23)14(10-16(17)29-2)19-18(21(27)30-3)20(22(28)31-4)25(24-19)13-8-6-5-7-9-13/h5-11H,1-4H3. The third-order valence-electron chi connectivity index (χ3n) is 4.42. The molecule has 166 valence electrons. The summed E-state index contributed by atoms with van der Waals surface area (Å²) in [5.41, 5.74) is 0.879. The van der Waals surface area contributed by atoms with E-state index in [0.29, 0.717) is 15.7 Å². The van der Waals surface area contributed by atoms with Crippen molar-refractivity contribution in [2.24, 2.45) is 0 Å². The molecule has 0 fully saturated rings. The highest BCUT2D eigenvalue weighted by Gasteiger charge is 2.32. The molecule has 0 spiro atoms. The van der Waals surface area contributed by atoms with Crippen molar-refractivity contribution in [1.29, 1.82) is 0 Å². The fourth-order valence-corrected chi connectivity index (χ4v) is 3.56. The van der Waals surface area contributed by atoms with Crippen LogP contribution >= 0.6 is 15.9 Å². The number of ether oxygens (including phenoxy) is 4. The van der Waals surface area contributed by atoms with Crippen molar-refractivity contribution in [1.82, 2.24) is 9.78 Å². The number of carbonyl (C=O) groups excluding carboxylic acids is 3. The highest BCUT2D eigenvalue weighted by atomic mass is 79.9. The largest absolute Gasteiger partial charge is 0.493 e.